The number of rotatable bonds is 4. The first-order chi connectivity index (χ1) is 8.74. The maximum Gasteiger partial charge on any atom is 0.224 e. The molecule has 0 aliphatic rings. The predicted molar refractivity (Wildman–Crippen MR) is 66.2 cm³/mol. The lowest BCUT2D eigenvalue weighted by atomic mass is 10.2. The minimum absolute atomic E-state index is 0.0766. The lowest BCUT2D eigenvalue weighted by Crippen LogP contribution is -2.24. The number of amides is 1. The number of pyridine rings is 1. The quantitative estimate of drug-likeness (QED) is 0.894. The van der Waals surface area contributed by atoms with E-state index in [1.165, 1.54) is 12.1 Å². The monoisotopic (exact) mass is 244 g/mol. The van der Waals surface area contributed by atoms with E-state index in [1.807, 2.05) is 6.07 Å². The summed E-state index contributed by atoms with van der Waals surface area (Å²) in [6.07, 6.45) is 3.63. The highest BCUT2D eigenvalue weighted by atomic mass is 19.1. The number of benzene rings is 1. The second-order valence-corrected chi connectivity index (χ2v) is 3.94. The van der Waals surface area contributed by atoms with Gasteiger partial charge >= 0.3 is 0 Å². The molecule has 1 amide bonds. The summed E-state index contributed by atoms with van der Waals surface area (Å²) < 4.78 is 12.7. The van der Waals surface area contributed by atoms with E-state index < -0.39 is 0 Å². The lowest BCUT2D eigenvalue weighted by molar-refractivity contribution is -0.120. The molecule has 0 radical (unpaired) electrons. The van der Waals surface area contributed by atoms with Crippen LogP contribution in [0.4, 0.5) is 4.39 Å². The summed E-state index contributed by atoms with van der Waals surface area (Å²) in [6.45, 7) is 0.402. The number of hydrogen-bond donors (Lipinski definition) is 1. The van der Waals surface area contributed by atoms with Crippen LogP contribution in [0.1, 0.15) is 11.1 Å². The third kappa shape index (κ3) is 3.66. The van der Waals surface area contributed by atoms with Crippen molar-refractivity contribution in [1.29, 1.82) is 0 Å². The van der Waals surface area contributed by atoms with Gasteiger partial charge < -0.3 is 5.32 Å². The zero-order valence-electron chi connectivity index (χ0n) is 9.77. The van der Waals surface area contributed by atoms with Crippen molar-refractivity contribution in [2.24, 2.45) is 0 Å². The van der Waals surface area contributed by atoms with E-state index in [-0.39, 0.29) is 11.7 Å². The molecule has 3 nitrogen and oxygen atoms in total. The molecule has 0 spiro atoms. The first kappa shape index (κ1) is 12.2. The molecule has 18 heavy (non-hydrogen) atoms. The van der Waals surface area contributed by atoms with Crippen molar-refractivity contribution in [3.05, 3.63) is 65.7 Å². The van der Waals surface area contributed by atoms with Gasteiger partial charge in [-0.05, 0) is 29.3 Å². The second-order valence-electron chi connectivity index (χ2n) is 3.94. The van der Waals surface area contributed by atoms with Gasteiger partial charge in [0.25, 0.3) is 0 Å². The lowest BCUT2D eigenvalue weighted by Gasteiger charge is -2.05. The van der Waals surface area contributed by atoms with Crippen LogP contribution in [0.2, 0.25) is 0 Å². The maximum atomic E-state index is 12.7. The van der Waals surface area contributed by atoms with Gasteiger partial charge in [-0.25, -0.2) is 4.39 Å². The Morgan fingerprint density at radius 1 is 1.17 bits per heavy atom. The molecule has 92 valence electrons. The molecule has 0 bridgehead atoms. The van der Waals surface area contributed by atoms with Crippen molar-refractivity contribution in [2.75, 3.05) is 0 Å². The summed E-state index contributed by atoms with van der Waals surface area (Å²) in [7, 11) is 0. The minimum Gasteiger partial charge on any atom is -0.352 e. The van der Waals surface area contributed by atoms with Crippen molar-refractivity contribution < 1.29 is 9.18 Å². The van der Waals surface area contributed by atoms with Crippen molar-refractivity contribution >= 4 is 5.91 Å². The third-order valence-corrected chi connectivity index (χ3v) is 2.49. The average Bonchev–Trinajstić information content (AvgIpc) is 2.39. The van der Waals surface area contributed by atoms with Crippen LogP contribution in [0.15, 0.2) is 48.8 Å². The molecular weight excluding hydrogens is 231 g/mol. The number of hydrogen-bond acceptors (Lipinski definition) is 2. The molecule has 0 aliphatic heterocycles. The number of halogens is 1. The predicted octanol–water partition coefficient (Wildman–Crippen LogP) is 2.08. The summed E-state index contributed by atoms with van der Waals surface area (Å²) in [4.78, 5) is 15.6. The standard InChI is InChI=1S/C14H13FN2O/c15-13-5-3-11(4-6-13)10-17-14(18)8-12-2-1-7-16-9-12/h1-7,9H,8,10H2,(H,17,18). The SMILES string of the molecule is O=C(Cc1cccnc1)NCc1ccc(F)cc1. The van der Waals surface area contributed by atoms with Gasteiger partial charge in [-0.15, -0.1) is 0 Å². The largest absolute Gasteiger partial charge is 0.352 e. The molecule has 4 heteroatoms. The second kappa shape index (κ2) is 5.91. The molecule has 2 aromatic rings. The Hall–Kier alpha value is -2.23. The van der Waals surface area contributed by atoms with Crippen LogP contribution < -0.4 is 5.32 Å². The molecule has 0 atom stereocenters. The van der Waals surface area contributed by atoms with E-state index in [4.69, 9.17) is 0 Å². The Labute approximate surface area is 105 Å². The van der Waals surface area contributed by atoms with Crippen LogP contribution >= 0.6 is 0 Å². The Morgan fingerprint density at radius 3 is 2.61 bits per heavy atom. The van der Waals surface area contributed by atoms with Crippen LogP contribution in [-0.2, 0) is 17.8 Å². The minimum atomic E-state index is -0.277. The molecule has 0 saturated heterocycles. The van der Waals surface area contributed by atoms with Gasteiger partial charge in [0.05, 0.1) is 6.42 Å². The van der Waals surface area contributed by atoms with Crippen LogP contribution in [0.5, 0.6) is 0 Å². The topological polar surface area (TPSA) is 42.0 Å². The number of nitrogens with one attached hydrogen (secondary N) is 1. The van der Waals surface area contributed by atoms with Gasteiger partial charge in [0.2, 0.25) is 5.91 Å². The number of carbonyl (C=O) groups is 1. The summed E-state index contributed by atoms with van der Waals surface area (Å²) in [5.41, 5.74) is 1.74. The normalized spacial score (nSPS) is 10.1. The fourth-order valence-corrected chi connectivity index (χ4v) is 1.55. The zero-order chi connectivity index (χ0) is 12.8. The highest BCUT2D eigenvalue weighted by molar-refractivity contribution is 5.78. The molecule has 0 aliphatic carbocycles. The van der Waals surface area contributed by atoms with Crippen LogP contribution in [-0.4, -0.2) is 10.9 Å². The molecule has 0 fully saturated rings. The summed E-state index contributed by atoms with van der Waals surface area (Å²) in [6, 6.07) is 9.71. The number of nitrogens with zero attached hydrogens (tertiary/aromatic N) is 1. The summed E-state index contributed by atoms with van der Waals surface area (Å²) in [5, 5.41) is 2.78. The highest BCUT2D eigenvalue weighted by Crippen LogP contribution is 2.02. The Morgan fingerprint density at radius 2 is 1.94 bits per heavy atom. The van der Waals surface area contributed by atoms with E-state index in [0.29, 0.717) is 13.0 Å². The fraction of sp³-hybridized carbons (Fsp3) is 0.143. The van der Waals surface area contributed by atoms with Crippen LogP contribution in [0.25, 0.3) is 0 Å². The van der Waals surface area contributed by atoms with Gasteiger partial charge in [-0.3, -0.25) is 9.78 Å². The molecule has 1 heterocycles. The van der Waals surface area contributed by atoms with Crippen molar-refractivity contribution in [1.82, 2.24) is 10.3 Å². The summed E-state index contributed by atoms with van der Waals surface area (Å²) in [5.74, 6) is -0.354. The van der Waals surface area contributed by atoms with E-state index in [0.717, 1.165) is 11.1 Å². The highest BCUT2D eigenvalue weighted by Gasteiger charge is 2.03. The molecule has 1 aromatic carbocycles. The number of aromatic nitrogens is 1. The molecule has 0 unspecified atom stereocenters. The van der Waals surface area contributed by atoms with E-state index in [2.05, 4.69) is 10.3 Å². The van der Waals surface area contributed by atoms with Gasteiger partial charge in [0.15, 0.2) is 0 Å². The molecule has 2 rings (SSSR count). The van der Waals surface area contributed by atoms with E-state index in [1.54, 1.807) is 30.6 Å². The zero-order valence-corrected chi connectivity index (χ0v) is 9.77. The summed E-state index contributed by atoms with van der Waals surface area (Å²) >= 11 is 0. The van der Waals surface area contributed by atoms with Crippen molar-refractivity contribution in [3.63, 3.8) is 0 Å². The first-order valence-corrected chi connectivity index (χ1v) is 5.64. The molecule has 1 aromatic heterocycles. The number of carbonyl (C=O) groups excluding carboxylic acids is 1. The first-order valence-electron chi connectivity index (χ1n) is 5.64. The Balaban J connectivity index is 1.83. The van der Waals surface area contributed by atoms with Crippen LogP contribution in [0, 0.1) is 5.82 Å². The van der Waals surface area contributed by atoms with Crippen molar-refractivity contribution in [3.8, 4) is 0 Å². The van der Waals surface area contributed by atoms with Gasteiger partial charge in [-0.2, -0.15) is 0 Å². The molecule has 1 N–H and O–H groups in total. The van der Waals surface area contributed by atoms with Gasteiger partial charge in [-0.1, -0.05) is 18.2 Å². The third-order valence-electron chi connectivity index (χ3n) is 2.49. The van der Waals surface area contributed by atoms with Crippen LogP contribution in [0.3, 0.4) is 0 Å². The van der Waals surface area contributed by atoms with Crippen molar-refractivity contribution in [2.45, 2.75) is 13.0 Å². The Kier molecular flexibility index (Phi) is 4.02. The fourth-order valence-electron chi connectivity index (χ4n) is 1.55. The average molecular weight is 244 g/mol. The smallest absolute Gasteiger partial charge is 0.224 e. The molecular formula is C14H13FN2O. The maximum absolute atomic E-state index is 12.7. The van der Waals surface area contributed by atoms with E-state index >= 15 is 0 Å². The van der Waals surface area contributed by atoms with Gasteiger partial charge in [0.1, 0.15) is 5.82 Å². The Bertz CT molecular complexity index is 511. The molecule has 0 saturated carbocycles. The van der Waals surface area contributed by atoms with E-state index in [9.17, 15) is 9.18 Å². The van der Waals surface area contributed by atoms with Gasteiger partial charge in [0, 0.05) is 18.9 Å².